The first kappa shape index (κ1) is 17.5. The quantitative estimate of drug-likeness (QED) is 0.468. The fourth-order valence-corrected chi connectivity index (χ4v) is 1.78. The number of carbonyl (C=O) groups is 1. The van der Waals surface area contributed by atoms with E-state index in [0.29, 0.717) is 52.7 Å². The fraction of sp³-hybridized carbons (Fsp3) is 0.929. The van der Waals surface area contributed by atoms with Gasteiger partial charge in [0.25, 0.3) is 0 Å². The maximum absolute atomic E-state index is 11.3. The molecule has 118 valence electrons. The van der Waals surface area contributed by atoms with Gasteiger partial charge in [-0.25, -0.2) is 0 Å². The zero-order chi connectivity index (χ0) is 14.6. The first-order valence-electron chi connectivity index (χ1n) is 7.20. The van der Waals surface area contributed by atoms with Crippen molar-refractivity contribution in [3.63, 3.8) is 0 Å². The molecule has 0 aromatic heterocycles. The molecular weight excluding hydrogens is 264 g/mol. The zero-order valence-electron chi connectivity index (χ0n) is 12.5. The van der Waals surface area contributed by atoms with E-state index < -0.39 is 0 Å². The molecule has 2 atom stereocenters. The molecule has 1 fully saturated rings. The van der Waals surface area contributed by atoms with Gasteiger partial charge in [-0.15, -0.1) is 0 Å². The first-order valence-corrected chi connectivity index (χ1v) is 7.20. The molecule has 0 N–H and O–H groups in total. The third-order valence-corrected chi connectivity index (χ3v) is 2.92. The molecule has 0 aromatic carbocycles. The van der Waals surface area contributed by atoms with Crippen LogP contribution in [0.4, 0.5) is 0 Å². The molecule has 0 bridgehead atoms. The second kappa shape index (κ2) is 11.2. The largest absolute Gasteiger partial charge is 0.382 e. The maximum Gasteiger partial charge on any atom is 0.166 e. The summed E-state index contributed by atoms with van der Waals surface area (Å²) in [7, 11) is 1.64. The van der Waals surface area contributed by atoms with E-state index in [0.717, 1.165) is 6.42 Å². The van der Waals surface area contributed by atoms with Crippen molar-refractivity contribution in [2.24, 2.45) is 0 Å². The van der Waals surface area contributed by atoms with E-state index in [1.165, 1.54) is 0 Å². The van der Waals surface area contributed by atoms with Crippen molar-refractivity contribution in [3.05, 3.63) is 0 Å². The van der Waals surface area contributed by atoms with Gasteiger partial charge in [0.1, 0.15) is 6.10 Å². The van der Waals surface area contributed by atoms with Crippen LogP contribution < -0.4 is 0 Å². The summed E-state index contributed by atoms with van der Waals surface area (Å²) in [6, 6.07) is 0. The number of ether oxygens (including phenoxy) is 5. The van der Waals surface area contributed by atoms with Crippen molar-refractivity contribution in [1.82, 2.24) is 0 Å². The third kappa shape index (κ3) is 6.76. The highest BCUT2D eigenvalue weighted by molar-refractivity contribution is 5.90. The average Bonchev–Trinajstić information content (AvgIpc) is 2.44. The molecule has 0 heterocycles. The molecule has 2 unspecified atom stereocenters. The van der Waals surface area contributed by atoms with Crippen LogP contribution in [0.15, 0.2) is 0 Å². The van der Waals surface area contributed by atoms with Crippen molar-refractivity contribution in [2.45, 2.75) is 32.0 Å². The maximum atomic E-state index is 11.3. The van der Waals surface area contributed by atoms with Crippen LogP contribution in [-0.2, 0) is 28.5 Å². The Kier molecular flexibility index (Phi) is 9.78. The minimum absolute atomic E-state index is 0.101. The predicted octanol–water partition coefficient (Wildman–Crippen LogP) is 0.819. The zero-order valence-corrected chi connectivity index (χ0v) is 12.5. The molecule has 20 heavy (non-hydrogen) atoms. The van der Waals surface area contributed by atoms with Crippen LogP contribution in [0.3, 0.4) is 0 Å². The minimum Gasteiger partial charge on any atom is -0.382 e. The summed E-state index contributed by atoms with van der Waals surface area (Å²) in [5, 5.41) is 0. The van der Waals surface area contributed by atoms with Gasteiger partial charge in [-0.1, -0.05) is 6.92 Å². The summed E-state index contributed by atoms with van der Waals surface area (Å²) in [5.41, 5.74) is 0. The van der Waals surface area contributed by atoms with Crippen molar-refractivity contribution in [3.8, 4) is 0 Å². The summed E-state index contributed by atoms with van der Waals surface area (Å²) in [6.45, 7) is 5.85. The molecule has 1 saturated carbocycles. The summed E-state index contributed by atoms with van der Waals surface area (Å²) in [4.78, 5) is 11.3. The Bertz CT molecular complexity index is 258. The van der Waals surface area contributed by atoms with Gasteiger partial charge in [-0.05, 0) is 6.42 Å². The Morgan fingerprint density at radius 1 is 0.950 bits per heavy atom. The summed E-state index contributed by atoms with van der Waals surface area (Å²) >= 11 is 0. The van der Waals surface area contributed by atoms with Gasteiger partial charge in [0, 0.05) is 20.1 Å². The highest BCUT2D eigenvalue weighted by Gasteiger charge is 2.41. The summed E-state index contributed by atoms with van der Waals surface area (Å²) in [6.07, 6.45) is 0.889. The van der Waals surface area contributed by atoms with Crippen molar-refractivity contribution < 1.29 is 28.5 Å². The number of methoxy groups -OCH3 is 1. The van der Waals surface area contributed by atoms with E-state index in [1.807, 2.05) is 6.92 Å². The van der Waals surface area contributed by atoms with Gasteiger partial charge >= 0.3 is 0 Å². The molecule has 0 aliphatic heterocycles. The number of hydrogen-bond donors (Lipinski definition) is 0. The molecule has 0 amide bonds. The Morgan fingerprint density at radius 3 is 2.20 bits per heavy atom. The van der Waals surface area contributed by atoms with Crippen molar-refractivity contribution >= 4 is 5.78 Å². The van der Waals surface area contributed by atoms with Crippen LogP contribution in [0, 0.1) is 0 Å². The van der Waals surface area contributed by atoms with Gasteiger partial charge < -0.3 is 23.7 Å². The normalized spacial score (nSPS) is 22.0. The molecule has 6 heteroatoms. The lowest BCUT2D eigenvalue weighted by Gasteiger charge is -2.34. The van der Waals surface area contributed by atoms with E-state index in [1.54, 1.807) is 7.11 Å². The van der Waals surface area contributed by atoms with Gasteiger partial charge in [0.15, 0.2) is 5.78 Å². The highest BCUT2D eigenvalue weighted by atomic mass is 16.6. The van der Waals surface area contributed by atoms with Crippen LogP contribution in [0.25, 0.3) is 0 Å². The molecule has 0 spiro atoms. The third-order valence-electron chi connectivity index (χ3n) is 2.92. The Labute approximate surface area is 120 Å². The fourth-order valence-electron chi connectivity index (χ4n) is 1.78. The first-order chi connectivity index (χ1) is 9.79. The Morgan fingerprint density at radius 2 is 1.60 bits per heavy atom. The molecule has 1 aliphatic rings. The van der Waals surface area contributed by atoms with E-state index in [2.05, 4.69) is 0 Å². The molecule has 6 nitrogen and oxygen atoms in total. The lowest BCUT2D eigenvalue weighted by molar-refractivity contribution is -0.167. The number of Topliss-reactive ketones (excluding diaryl/α,β-unsaturated/α-hetero) is 1. The van der Waals surface area contributed by atoms with Gasteiger partial charge in [-0.3, -0.25) is 4.79 Å². The molecule has 0 radical (unpaired) electrons. The molecule has 0 saturated heterocycles. The molecular formula is C14H26O6. The molecule has 0 aromatic rings. The number of rotatable bonds is 13. The summed E-state index contributed by atoms with van der Waals surface area (Å²) in [5.74, 6) is 0.135. The Hall–Kier alpha value is -0.530. The van der Waals surface area contributed by atoms with Crippen LogP contribution in [0.5, 0.6) is 0 Å². The van der Waals surface area contributed by atoms with Gasteiger partial charge in [0.05, 0.1) is 45.7 Å². The SMILES string of the molecule is CCCOC1C(=O)CC1OCCOCCOCCOC. The smallest absolute Gasteiger partial charge is 0.166 e. The van der Waals surface area contributed by atoms with Crippen LogP contribution >= 0.6 is 0 Å². The average molecular weight is 290 g/mol. The van der Waals surface area contributed by atoms with Crippen LogP contribution in [0.2, 0.25) is 0 Å². The molecule has 1 rings (SSSR count). The number of carbonyl (C=O) groups excluding carboxylic acids is 1. The van der Waals surface area contributed by atoms with Crippen LogP contribution in [-0.4, -0.2) is 71.3 Å². The number of ketones is 1. The second-order valence-electron chi connectivity index (χ2n) is 4.59. The highest BCUT2D eigenvalue weighted by Crippen LogP contribution is 2.22. The van der Waals surface area contributed by atoms with Crippen molar-refractivity contribution in [1.29, 1.82) is 0 Å². The van der Waals surface area contributed by atoms with Crippen molar-refractivity contribution in [2.75, 3.05) is 53.4 Å². The predicted molar refractivity (Wildman–Crippen MR) is 72.9 cm³/mol. The summed E-state index contributed by atoms with van der Waals surface area (Å²) < 4.78 is 26.5. The van der Waals surface area contributed by atoms with Crippen LogP contribution in [0.1, 0.15) is 19.8 Å². The minimum atomic E-state index is -0.368. The van der Waals surface area contributed by atoms with E-state index in [9.17, 15) is 4.79 Å². The lowest BCUT2D eigenvalue weighted by atomic mass is 9.90. The monoisotopic (exact) mass is 290 g/mol. The second-order valence-corrected chi connectivity index (χ2v) is 4.59. The van der Waals surface area contributed by atoms with Gasteiger partial charge in [0.2, 0.25) is 0 Å². The standard InChI is InChI=1S/C14H26O6/c1-3-4-20-14-12(15)11-13(14)19-10-9-18-8-7-17-6-5-16-2/h13-14H,3-11H2,1-2H3. The lowest BCUT2D eigenvalue weighted by Crippen LogP contribution is -2.50. The van der Waals surface area contributed by atoms with E-state index in [-0.39, 0.29) is 18.0 Å². The van der Waals surface area contributed by atoms with Gasteiger partial charge in [-0.2, -0.15) is 0 Å². The Balaban J connectivity index is 1.90. The number of hydrogen-bond acceptors (Lipinski definition) is 6. The molecule has 1 aliphatic carbocycles. The van der Waals surface area contributed by atoms with E-state index in [4.69, 9.17) is 23.7 Å². The topological polar surface area (TPSA) is 63.2 Å². The van der Waals surface area contributed by atoms with E-state index >= 15 is 0 Å².